The lowest BCUT2D eigenvalue weighted by Crippen LogP contribution is -1.93. The monoisotopic (exact) mass is 180 g/mol. The second-order valence-electron chi connectivity index (χ2n) is 1.30. The molecule has 0 heterocycles. The van der Waals surface area contributed by atoms with Crippen molar-refractivity contribution < 1.29 is 18.5 Å². The van der Waals surface area contributed by atoms with Gasteiger partial charge in [0.05, 0.1) is 13.2 Å². The van der Waals surface area contributed by atoms with Crippen LogP contribution in [-0.4, -0.2) is 18.1 Å². The van der Waals surface area contributed by atoms with Crippen LogP contribution >= 0.6 is 7.82 Å². The van der Waals surface area contributed by atoms with Gasteiger partial charge in [-0.15, -0.1) is 0 Å². The molecule has 0 aromatic heterocycles. The molecule has 0 aromatic rings. The molecule has 0 saturated carbocycles. The van der Waals surface area contributed by atoms with Gasteiger partial charge in [0, 0.05) is 0 Å². The summed E-state index contributed by atoms with van der Waals surface area (Å²) in [5.41, 5.74) is 0. The summed E-state index contributed by atoms with van der Waals surface area (Å²) in [6, 6.07) is 0. The van der Waals surface area contributed by atoms with Gasteiger partial charge in [-0.2, -0.15) is 0 Å². The van der Waals surface area contributed by atoms with Crippen LogP contribution in [0.4, 0.5) is 0 Å². The minimum Gasteiger partial charge on any atom is -0.512 e. The highest BCUT2D eigenvalue weighted by molar-refractivity contribution is 7.47. The molecule has 0 fully saturated rings. The van der Waals surface area contributed by atoms with Crippen LogP contribution < -0.4 is 0 Å². The maximum Gasteiger partial charge on any atom is 0.472 e. The van der Waals surface area contributed by atoms with Crippen LogP contribution in [0.1, 0.15) is 13.8 Å². The summed E-state index contributed by atoms with van der Waals surface area (Å²) < 4.78 is 19.2. The number of hydrogen-bond acceptors (Lipinski definition) is 4. The Morgan fingerprint density at radius 3 is 1.82 bits per heavy atom. The smallest absolute Gasteiger partial charge is 0.472 e. The Bertz CT molecular complexity index is 137. The van der Waals surface area contributed by atoms with Gasteiger partial charge < -0.3 is 16.7 Å². The van der Waals surface area contributed by atoms with E-state index in [1.54, 1.807) is 13.8 Å². The quantitative estimate of drug-likeness (QED) is 0.520. The molecule has 0 rings (SSSR count). The molecule has 0 aliphatic heterocycles. The van der Waals surface area contributed by atoms with E-state index in [0.29, 0.717) is 0 Å². The normalized spacial score (nSPS) is 9.91. The van der Waals surface area contributed by atoms with E-state index in [-0.39, 0.29) is 13.2 Å². The number of phosphoric ester groups is 1. The van der Waals surface area contributed by atoms with E-state index in [1.807, 2.05) is 0 Å². The highest BCUT2D eigenvalue weighted by Crippen LogP contribution is 2.42. The predicted octanol–water partition coefficient (Wildman–Crippen LogP) is 1.26. The minimum atomic E-state index is -3.69. The first-order valence-corrected chi connectivity index (χ1v) is 4.46. The van der Waals surface area contributed by atoms with Gasteiger partial charge in [-0.05, 0) is 13.8 Å². The Morgan fingerprint density at radius 2 is 1.64 bits per heavy atom. The number of hydrogen-bond donors (Lipinski definition) is 1. The van der Waals surface area contributed by atoms with Crippen LogP contribution in [0, 0.1) is 11.8 Å². The molecule has 66 valence electrons. The number of nitrogens with zero attached hydrogens (tertiary/aromatic N) is 1. The van der Waals surface area contributed by atoms with E-state index in [0.717, 1.165) is 0 Å². The molecule has 11 heavy (non-hydrogen) atoms. The van der Waals surface area contributed by atoms with E-state index < -0.39 is 7.82 Å². The van der Waals surface area contributed by atoms with Crippen molar-refractivity contribution in [3.63, 3.8) is 0 Å². The van der Waals surface area contributed by atoms with Crippen molar-refractivity contribution in [2.24, 2.45) is 0 Å². The Kier molecular flexibility index (Phi) is 9.25. The van der Waals surface area contributed by atoms with Gasteiger partial charge in [0.15, 0.2) is 0 Å². The van der Waals surface area contributed by atoms with Crippen LogP contribution in [0.2, 0.25) is 0 Å². The zero-order valence-electron chi connectivity index (χ0n) is 6.48. The van der Waals surface area contributed by atoms with Gasteiger partial charge in [0.1, 0.15) is 0 Å². The van der Waals surface area contributed by atoms with Crippen molar-refractivity contribution in [3.8, 4) is 0 Å². The molecule has 6 heteroatoms. The first-order chi connectivity index (χ1) is 5.12. The fourth-order valence-electron chi connectivity index (χ4n) is 0.364. The van der Waals surface area contributed by atoms with Gasteiger partial charge in [-0.25, -0.2) is 4.57 Å². The molecule has 0 amide bonds. The van der Waals surface area contributed by atoms with Crippen LogP contribution in [0.3, 0.4) is 0 Å². The molecular formula is C5H11NO4P-. The lowest BCUT2D eigenvalue weighted by atomic mass is 10.9. The van der Waals surface area contributed by atoms with Crippen molar-refractivity contribution in [3.05, 3.63) is 6.57 Å². The molecule has 0 aliphatic carbocycles. The first-order valence-electron chi connectivity index (χ1n) is 2.96. The predicted molar refractivity (Wildman–Crippen MR) is 38.0 cm³/mol. The van der Waals surface area contributed by atoms with Crippen molar-refractivity contribution >= 4 is 7.82 Å². The van der Waals surface area contributed by atoms with Crippen LogP contribution in [0.25, 0.3) is 0 Å². The molecule has 0 aliphatic rings. The molecule has 0 bridgehead atoms. The largest absolute Gasteiger partial charge is 0.512 e. The standard InChI is InChI=1S/C4H11O4P.CN/c1-3-7-9(5,6)8-4-2;1-2/h3-4H2,1-2H3,(H,5,6);/q;-1. The van der Waals surface area contributed by atoms with Crippen LogP contribution in [-0.2, 0) is 13.6 Å². The van der Waals surface area contributed by atoms with Gasteiger partial charge in [0.25, 0.3) is 0 Å². The van der Waals surface area contributed by atoms with Crippen LogP contribution in [0.15, 0.2) is 0 Å². The van der Waals surface area contributed by atoms with Crippen LogP contribution in [0.5, 0.6) is 0 Å². The molecule has 0 unspecified atom stereocenters. The van der Waals surface area contributed by atoms with Gasteiger partial charge in [-0.3, -0.25) is 9.05 Å². The van der Waals surface area contributed by atoms with Crippen molar-refractivity contribution in [2.75, 3.05) is 13.2 Å². The molecular weight excluding hydrogens is 169 g/mol. The van der Waals surface area contributed by atoms with Gasteiger partial charge >= 0.3 is 7.82 Å². The Labute approximate surface area is 66.2 Å². The molecule has 1 N–H and O–H groups in total. The van der Waals surface area contributed by atoms with E-state index in [4.69, 9.17) is 16.7 Å². The van der Waals surface area contributed by atoms with Crippen molar-refractivity contribution in [2.45, 2.75) is 13.8 Å². The van der Waals surface area contributed by atoms with E-state index in [9.17, 15) is 4.57 Å². The third-order valence-electron chi connectivity index (χ3n) is 0.584. The summed E-state index contributed by atoms with van der Waals surface area (Å²) in [5, 5.41) is 6.25. The summed E-state index contributed by atoms with van der Waals surface area (Å²) in [6.45, 7) is 8.38. The SMILES string of the molecule is CCOP(=O)(O)OCC.[C-]#N. The highest BCUT2D eigenvalue weighted by Gasteiger charge is 2.17. The number of phosphoric acid groups is 1. The fourth-order valence-corrected chi connectivity index (χ4v) is 1.09. The lowest BCUT2D eigenvalue weighted by molar-refractivity contribution is 0.161. The van der Waals surface area contributed by atoms with E-state index in [1.165, 1.54) is 0 Å². The lowest BCUT2D eigenvalue weighted by Gasteiger charge is -2.07. The summed E-state index contributed by atoms with van der Waals surface area (Å²) in [4.78, 5) is 8.63. The Morgan fingerprint density at radius 1 is 1.36 bits per heavy atom. The third kappa shape index (κ3) is 9.60. The molecule has 0 spiro atoms. The molecule has 0 saturated heterocycles. The first kappa shape index (κ1) is 13.2. The molecule has 0 radical (unpaired) electrons. The average molecular weight is 180 g/mol. The minimum absolute atomic E-state index is 0.188. The Hall–Kier alpha value is -0.400. The van der Waals surface area contributed by atoms with Crippen molar-refractivity contribution in [1.29, 1.82) is 5.26 Å². The second kappa shape index (κ2) is 7.70. The van der Waals surface area contributed by atoms with Gasteiger partial charge in [-0.1, -0.05) is 0 Å². The fraction of sp³-hybridized carbons (Fsp3) is 0.800. The van der Waals surface area contributed by atoms with E-state index >= 15 is 0 Å². The summed E-state index contributed by atoms with van der Waals surface area (Å²) in [7, 11) is -3.69. The van der Waals surface area contributed by atoms with Crippen molar-refractivity contribution in [1.82, 2.24) is 0 Å². The second-order valence-corrected chi connectivity index (χ2v) is 2.76. The maximum atomic E-state index is 10.5. The summed E-state index contributed by atoms with van der Waals surface area (Å²) in [6.07, 6.45) is 0. The molecule has 0 aromatic carbocycles. The zero-order valence-corrected chi connectivity index (χ0v) is 7.38. The Balaban J connectivity index is 0. The number of rotatable bonds is 4. The maximum absolute atomic E-state index is 10.5. The van der Waals surface area contributed by atoms with Gasteiger partial charge in [0.2, 0.25) is 0 Å². The highest BCUT2D eigenvalue weighted by atomic mass is 31.2. The topological polar surface area (TPSA) is 79.6 Å². The third-order valence-corrected chi connectivity index (χ3v) is 1.75. The summed E-state index contributed by atoms with van der Waals surface area (Å²) in [5.74, 6) is 0. The molecule has 5 nitrogen and oxygen atoms in total. The molecule has 0 atom stereocenters. The summed E-state index contributed by atoms with van der Waals surface area (Å²) >= 11 is 0. The average Bonchev–Trinajstić information content (AvgIpc) is 1.91. The zero-order chi connectivity index (χ0) is 9.33. The van der Waals surface area contributed by atoms with E-state index in [2.05, 4.69) is 9.05 Å².